The van der Waals surface area contributed by atoms with Crippen molar-refractivity contribution in [3.63, 3.8) is 0 Å². The summed E-state index contributed by atoms with van der Waals surface area (Å²) in [6.45, 7) is 0.570. The Morgan fingerprint density at radius 2 is 1.75 bits per heavy atom. The number of nitrogens with one attached hydrogen (secondary N) is 2. The fourth-order valence-electron chi connectivity index (χ4n) is 3.11. The summed E-state index contributed by atoms with van der Waals surface area (Å²) in [6.07, 6.45) is -0.414. The zero-order chi connectivity index (χ0) is 23.1. The number of carbonyl (C=O) groups excluding carboxylic acids is 2. The summed E-state index contributed by atoms with van der Waals surface area (Å²) in [5, 5.41) is 5.39. The van der Waals surface area contributed by atoms with E-state index in [2.05, 4.69) is 10.6 Å². The second-order valence-corrected chi connectivity index (χ2v) is 9.32. The number of sulfonamides is 1. The van der Waals surface area contributed by atoms with Crippen LogP contribution in [0.5, 0.6) is 5.75 Å². The minimum atomic E-state index is -3.86. The SMILES string of the molecule is COc1ccc(CNC(=O)C(=O)NC[C@@H]2OCCCN2S(=O)(=O)c2ccc(Cl)cc2)cc1. The zero-order valence-corrected chi connectivity index (χ0v) is 19.0. The van der Waals surface area contributed by atoms with Crippen LogP contribution in [0.4, 0.5) is 0 Å². The van der Waals surface area contributed by atoms with Crippen LogP contribution < -0.4 is 15.4 Å². The molecule has 1 saturated heterocycles. The lowest BCUT2D eigenvalue weighted by atomic mass is 10.2. The molecule has 0 aliphatic carbocycles. The van der Waals surface area contributed by atoms with Crippen molar-refractivity contribution in [2.75, 3.05) is 26.8 Å². The van der Waals surface area contributed by atoms with Gasteiger partial charge in [0.15, 0.2) is 0 Å². The minimum absolute atomic E-state index is 0.0703. The molecule has 3 rings (SSSR count). The second-order valence-electron chi connectivity index (χ2n) is 6.99. The molecule has 1 heterocycles. The van der Waals surface area contributed by atoms with Gasteiger partial charge in [0.25, 0.3) is 0 Å². The highest BCUT2D eigenvalue weighted by atomic mass is 35.5. The van der Waals surface area contributed by atoms with E-state index in [4.69, 9.17) is 21.1 Å². The van der Waals surface area contributed by atoms with Crippen molar-refractivity contribution in [3.05, 3.63) is 59.1 Å². The van der Waals surface area contributed by atoms with E-state index in [1.807, 2.05) is 0 Å². The van der Waals surface area contributed by atoms with Crippen LogP contribution in [-0.4, -0.2) is 57.6 Å². The first-order chi connectivity index (χ1) is 15.3. The lowest BCUT2D eigenvalue weighted by Gasteiger charge is -2.34. The molecular formula is C21H24ClN3O6S. The molecule has 172 valence electrons. The maximum absolute atomic E-state index is 13.0. The number of carbonyl (C=O) groups is 2. The van der Waals surface area contributed by atoms with Crippen molar-refractivity contribution in [1.29, 1.82) is 0 Å². The van der Waals surface area contributed by atoms with E-state index in [1.165, 1.54) is 28.6 Å². The number of benzene rings is 2. The molecule has 2 aromatic rings. The van der Waals surface area contributed by atoms with Crippen LogP contribution in [0.1, 0.15) is 12.0 Å². The standard InChI is InChI=1S/C21H24ClN3O6S/c1-30-17-7-3-15(4-8-17)13-23-20(26)21(27)24-14-19-25(11-2-12-31-19)32(28,29)18-9-5-16(22)6-10-18/h3-10,19H,2,11-14H2,1H3,(H,23,26)(H,24,27)/t19-/m0/s1. The summed E-state index contributed by atoms with van der Waals surface area (Å²) < 4.78 is 37.8. The molecule has 2 aromatic carbocycles. The molecular weight excluding hydrogens is 458 g/mol. The van der Waals surface area contributed by atoms with Gasteiger partial charge in [-0.1, -0.05) is 23.7 Å². The third-order valence-corrected chi connectivity index (χ3v) is 6.99. The third kappa shape index (κ3) is 5.98. The monoisotopic (exact) mass is 481 g/mol. The van der Waals surface area contributed by atoms with Crippen LogP contribution in [0, 0.1) is 0 Å². The smallest absolute Gasteiger partial charge is 0.309 e. The van der Waals surface area contributed by atoms with Gasteiger partial charge in [0.1, 0.15) is 12.0 Å². The van der Waals surface area contributed by atoms with Crippen molar-refractivity contribution >= 4 is 33.4 Å². The average Bonchev–Trinajstić information content (AvgIpc) is 2.81. The Kier molecular flexibility index (Phi) is 8.08. The number of ether oxygens (including phenoxy) is 2. The molecule has 1 atom stereocenters. The molecule has 2 amide bonds. The van der Waals surface area contributed by atoms with Crippen molar-refractivity contribution in [2.24, 2.45) is 0 Å². The first kappa shape index (κ1) is 24.0. The number of hydrogen-bond acceptors (Lipinski definition) is 6. The van der Waals surface area contributed by atoms with Gasteiger partial charge in [-0.15, -0.1) is 0 Å². The maximum Gasteiger partial charge on any atom is 0.309 e. The largest absolute Gasteiger partial charge is 0.497 e. The van der Waals surface area contributed by atoms with Crippen molar-refractivity contribution in [1.82, 2.24) is 14.9 Å². The Morgan fingerprint density at radius 3 is 2.41 bits per heavy atom. The Balaban J connectivity index is 1.56. The van der Waals surface area contributed by atoms with E-state index in [0.717, 1.165) is 5.56 Å². The Labute approximate surface area is 191 Å². The van der Waals surface area contributed by atoms with Gasteiger partial charge in [-0.2, -0.15) is 4.31 Å². The maximum atomic E-state index is 13.0. The van der Waals surface area contributed by atoms with E-state index in [9.17, 15) is 18.0 Å². The molecule has 32 heavy (non-hydrogen) atoms. The number of hydrogen-bond donors (Lipinski definition) is 2. The highest BCUT2D eigenvalue weighted by Crippen LogP contribution is 2.23. The predicted molar refractivity (Wildman–Crippen MR) is 118 cm³/mol. The number of halogens is 1. The lowest BCUT2D eigenvalue weighted by molar-refractivity contribution is -0.140. The highest BCUT2D eigenvalue weighted by molar-refractivity contribution is 7.89. The highest BCUT2D eigenvalue weighted by Gasteiger charge is 2.34. The molecule has 1 fully saturated rings. The van der Waals surface area contributed by atoms with Gasteiger partial charge in [0, 0.05) is 18.1 Å². The van der Waals surface area contributed by atoms with E-state index < -0.39 is 28.1 Å². The molecule has 0 spiro atoms. The van der Waals surface area contributed by atoms with Gasteiger partial charge in [-0.25, -0.2) is 8.42 Å². The second kappa shape index (κ2) is 10.8. The molecule has 0 saturated carbocycles. The molecule has 11 heteroatoms. The van der Waals surface area contributed by atoms with E-state index in [-0.39, 0.29) is 24.5 Å². The van der Waals surface area contributed by atoms with Crippen LogP contribution >= 0.6 is 11.6 Å². The van der Waals surface area contributed by atoms with Crippen LogP contribution in [0.15, 0.2) is 53.4 Å². The van der Waals surface area contributed by atoms with Gasteiger partial charge in [0.2, 0.25) is 10.0 Å². The van der Waals surface area contributed by atoms with Gasteiger partial charge in [-0.05, 0) is 48.4 Å². The van der Waals surface area contributed by atoms with E-state index in [1.54, 1.807) is 31.4 Å². The summed E-state index contributed by atoms with van der Waals surface area (Å²) in [7, 11) is -2.31. The normalized spacial score (nSPS) is 16.9. The van der Waals surface area contributed by atoms with Gasteiger partial charge < -0.3 is 20.1 Å². The minimum Gasteiger partial charge on any atom is -0.497 e. The lowest BCUT2D eigenvalue weighted by Crippen LogP contribution is -2.53. The molecule has 0 unspecified atom stereocenters. The van der Waals surface area contributed by atoms with E-state index in [0.29, 0.717) is 23.8 Å². The summed E-state index contributed by atoms with van der Waals surface area (Å²) in [4.78, 5) is 24.4. The first-order valence-electron chi connectivity index (χ1n) is 9.89. The van der Waals surface area contributed by atoms with Gasteiger partial charge in [-0.3, -0.25) is 9.59 Å². The molecule has 2 N–H and O–H groups in total. The summed E-state index contributed by atoms with van der Waals surface area (Å²) in [6, 6.07) is 12.8. The molecule has 0 bridgehead atoms. The number of nitrogens with zero attached hydrogens (tertiary/aromatic N) is 1. The topological polar surface area (TPSA) is 114 Å². The molecule has 0 aromatic heterocycles. The van der Waals surface area contributed by atoms with Crippen molar-refractivity contribution < 1.29 is 27.5 Å². The Bertz CT molecular complexity index is 1040. The Morgan fingerprint density at radius 1 is 1.09 bits per heavy atom. The number of amides is 2. The van der Waals surface area contributed by atoms with Crippen LogP contribution in [0.25, 0.3) is 0 Å². The quantitative estimate of drug-likeness (QED) is 0.579. The first-order valence-corrected chi connectivity index (χ1v) is 11.7. The number of rotatable bonds is 7. The fourth-order valence-corrected chi connectivity index (χ4v) is 4.80. The molecule has 1 aliphatic rings. The van der Waals surface area contributed by atoms with Crippen molar-refractivity contribution in [2.45, 2.75) is 24.1 Å². The Hall–Kier alpha value is -2.66. The average molecular weight is 482 g/mol. The van der Waals surface area contributed by atoms with Crippen LogP contribution in [-0.2, 0) is 30.9 Å². The molecule has 0 radical (unpaired) electrons. The van der Waals surface area contributed by atoms with Gasteiger partial charge >= 0.3 is 11.8 Å². The molecule has 1 aliphatic heterocycles. The van der Waals surface area contributed by atoms with Gasteiger partial charge in [0.05, 0.1) is 25.2 Å². The zero-order valence-electron chi connectivity index (χ0n) is 17.4. The summed E-state index contributed by atoms with van der Waals surface area (Å²) in [5.74, 6) is -1.02. The summed E-state index contributed by atoms with van der Waals surface area (Å²) >= 11 is 5.84. The fraction of sp³-hybridized carbons (Fsp3) is 0.333. The van der Waals surface area contributed by atoms with Crippen LogP contribution in [0.3, 0.4) is 0 Å². The third-order valence-electron chi connectivity index (χ3n) is 4.83. The van der Waals surface area contributed by atoms with E-state index >= 15 is 0 Å². The van der Waals surface area contributed by atoms with Crippen molar-refractivity contribution in [3.8, 4) is 5.75 Å². The van der Waals surface area contributed by atoms with Crippen LogP contribution in [0.2, 0.25) is 5.02 Å². The summed E-state index contributed by atoms with van der Waals surface area (Å²) in [5.41, 5.74) is 0.794. The molecule has 9 nitrogen and oxygen atoms in total. The predicted octanol–water partition coefficient (Wildman–Crippen LogP) is 1.52. The number of methoxy groups -OCH3 is 1.